The van der Waals surface area contributed by atoms with Gasteiger partial charge in [-0.2, -0.15) is 4.31 Å². The first-order valence-electron chi connectivity index (χ1n) is 8.92. The molecule has 0 spiro atoms. The van der Waals surface area contributed by atoms with Crippen LogP contribution in [0.5, 0.6) is 0 Å². The maximum absolute atomic E-state index is 12.8. The van der Waals surface area contributed by atoms with Crippen molar-refractivity contribution in [3.63, 3.8) is 0 Å². The van der Waals surface area contributed by atoms with Gasteiger partial charge in [0.05, 0.1) is 11.6 Å². The Balaban J connectivity index is 1.99. The lowest BCUT2D eigenvalue weighted by atomic mass is 10.2. The highest BCUT2D eigenvalue weighted by atomic mass is 35.5. The number of carbonyl (C=O) groups is 1. The average molecular weight is 402 g/mol. The molecule has 0 aliphatic carbocycles. The Labute approximate surface area is 161 Å². The number of hydrogen-bond acceptors (Lipinski definition) is 4. The molecule has 1 aromatic rings. The van der Waals surface area contributed by atoms with Crippen LogP contribution in [0.4, 0.5) is 0 Å². The van der Waals surface area contributed by atoms with E-state index in [4.69, 9.17) is 11.6 Å². The van der Waals surface area contributed by atoms with Gasteiger partial charge in [-0.15, -0.1) is 0 Å². The highest BCUT2D eigenvalue weighted by Gasteiger charge is 2.31. The minimum absolute atomic E-state index is 0.0809. The van der Waals surface area contributed by atoms with E-state index in [2.05, 4.69) is 0 Å². The third-order valence-electron chi connectivity index (χ3n) is 4.55. The maximum atomic E-state index is 12.8. The van der Waals surface area contributed by atoms with Crippen molar-refractivity contribution in [1.29, 1.82) is 0 Å². The number of amides is 1. The van der Waals surface area contributed by atoms with E-state index in [0.717, 1.165) is 0 Å². The summed E-state index contributed by atoms with van der Waals surface area (Å²) in [5.74, 6) is 0.0809. The molecule has 1 fully saturated rings. The summed E-state index contributed by atoms with van der Waals surface area (Å²) in [7, 11) is -3.61. The Hall–Kier alpha value is -1.15. The molecular weight excluding hydrogens is 374 g/mol. The summed E-state index contributed by atoms with van der Waals surface area (Å²) in [5, 5.41) is 0.231. The third-order valence-corrected chi connectivity index (χ3v) is 6.94. The van der Waals surface area contributed by atoms with Crippen LogP contribution in [-0.4, -0.2) is 73.2 Å². The topological polar surface area (TPSA) is 60.9 Å². The highest BCUT2D eigenvalue weighted by molar-refractivity contribution is 7.89. The molecule has 0 radical (unpaired) electrons. The second-order valence-corrected chi connectivity index (χ2v) is 9.41. The number of nitrogens with zero attached hydrogens (tertiary/aromatic N) is 3. The lowest BCUT2D eigenvalue weighted by molar-refractivity contribution is -0.136. The van der Waals surface area contributed by atoms with E-state index in [1.807, 2.05) is 37.5 Å². The van der Waals surface area contributed by atoms with Gasteiger partial charge in [0.15, 0.2) is 0 Å². The van der Waals surface area contributed by atoms with Crippen molar-refractivity contribution < 1.29 is 13.2 Å². The van der Waals surface area contributed by atoms with Crippen LogP contribution < -0.4 is 0 Å². The molecule has 0 N–H and O–H groups in total. The summed E-state index contributed by atoms with van der Waals surface area (Å²) in [6.45, 7) is 10.1. The van der Waals surface area contributed by atoms with Crippen molar-refractivity contribution in [2.45, 2.75) is 44.7 Å². The number of rotatable bonds is 6. The first-order chi connectivity index (χ1) is 12.1. The number of benzene rings is 1. The zero-order valence-corrected chi connectivity index (χ0v) is 17.4. The molecule has 0 unspecified atom stereocenters. The Morgan fingerprint density at radius 2 is 1.62 bits per heavy atom. The van der Waals surface area contributed by atoms with E-state index < -0.39 is 10.0 Å². The number of hydrogen-bond donors (Lipinski definition) is 0. The predicted octanol–water partition coefficient (Wildman–Crippen LogP) is 2.29. The predicted molar refractivity (Wildman–Crippen MR) is 104 cm³/mol. The molecule has 1 aliphatic heterocycles. The molecule has 1 heterocycles. The summed E-state index contributed by atoms with van der Waals surface area (Å²) in [6.07, 6.45) is 0. The molecule has 26 heavy (non-hydrogen) atoms. The second kappa shape index (κ2) is 8.69. The van der Waals surface area contributed by atoms with Crippen LogP contribution in [0.2, 0.25) is 5.02 Å². The van der Waals surface area contributed by atoms with E-state index in [9.17, 15) is 13.2 Å². The zero-order chi connectivity index (χ0) is 19.5. The Morgan fingerprint density at radius 3 is 2.12 bits per heavy atom. The molecule has 0 saturated carbocycles. The second-order valence-electron chi connectivity index (χ2n) is 7.10. The SMILES string of the molecule is CC(C)N(C(=O)CN1CCN(S(=O)(=O)c2ccccc2Cl)CC1)C(C)C. The van der Waals surface area contributed by atoms with E-state index in [0.29, 0.717) is 32.7 Å². The Morgan fingerprint density at radius 1 is 1.08 bits per heavy atom. The van der Waals surface area contributed by atoms with Crippen LogP contribution in [0.25, 0.3) is 0 Å². The molecule has 6 nitrogen and oxygen atoms in total. The number of carbonyl (C=O) groups excluding carboxylic acids is 1. The number of piperazine rings is 1. The summed E-state index contributed by atoms with van der Waals surface area (Å²) >= 11 is 6.05. The number of sulfonamides is 1. The highest BCUT2D eigenvalue weighted by Crippen LogP contribution is 2.25. The zero-order valence-electron chi connectivity index (χ0n) is 15.9. The molecule has 0 aromatic heterocycles. The standard InChI is InChI=1S/C18H28ClN3O3S/c1-14(2)22(15(3)4)18(23)13-20-9-11-21(12-10-20)26(24,25)17-8-6-5-7-16(17)19/h5-8,14-15H,9-13H2,1-4H3. The minimum Gasteiger partial charge on any atom is -0.337 e. The van der Waals surface area contributed by atoms with Gasteiger partial charge >= 0.3 is 0 Å². The summed E-state index contributed by atoms with van der Waals surface area (Å²) < 4.78 is 27.0. The van der Waals surface area contributed by atoms with Crippen LogP contribution in [0, 0.1) is 0 Å². The maximum Gasteiger partial charge on any atom is 0.244 e. The first-order valence-corrected chi connectivity index (χ1v) is 10.7. The van der Waals surface area contributed by atoms with Crippen LogP contribution >= 0.6 is 11.6 Å². The van der Waals surface area contributed by atoms with Gasteiger partial charge in [-0.05, 0) is 39.8 Å². The minimum atomic E-state index is -3.61. The molecule has 8 heteroatoms. The fraction of sp³-hybridized carbons (Fsp3) is 0.611. The Bertz CT molecular complexity index is 721. The molecular formula is C18H28ClN3O3S. The molecule has 0 atom stereocenters. The third kappa shape index (κ3) is 4.76. The van der Waals surface area contributed by atoms with Gasteiger partial charge in [-0.3, -0.25) is 9.69 Å². The van der Waals surface area contributed by atoms with Crippen molar-refractivity contribution in [3.05, 3.63) is 29.3 Å². The van der Waals surface area contributed by atoms with E-state index in [-0.39, 0.29) is 27.9 Å². The molecule has 2 rings (SSSR count). The van der Waals surface area contributed by atoms with E-state index in [1.54, 1.807) is 18.2 Å². The summed E-state index contributed by atoms with van der Waals surface area (Å²) in [6, 6.07) is 6.76. The smallest absolute Gasteiger partial charge is 0.244 e. The van der Waals surface area contributed by atoms with Gasteiger partial charge < -0.3 is 4.90 Å². The van der Waals surface area contributed by atoms with Crippen molar-refractivity contribution in [3.8, 4) is 0 Å². The summed E-state index contributed by atoms with van der Waals surface area (Å²) in [5.41, 5.74) is 0. The van der Waals surface area contributed by atoms with Gasteiger partial charge in [0.25, 0.3) is 0 Å². The van der Waals surface area contributed by atoms with Gasteiger partial charge in [0.1, 0.15) is 4.90 Å². The van der Waals surface area contributed by atoms with Crippen molar-refractivity contribution >= 4 is 27.5 Å². The monoisotopic (exact) mass is 401 g/mol. The first kappa shape index (κ1) is 21.2. The van der Waals surface area contributed by atoms with E-state index in [1.165, 1.54) is 10.4 Å². The van der Waals surface area contributed by atoms with Gasteiger partial charge in [0.2, 0.25) is 15.9 Å². The molecule has 146 valence electrons. The number of halogens is 1. The fourth-order valence-corrected chi connectivity index (χ4v) is 5.28. The van der Waals surface area contributed by atoms with Crippen LogP contribution in [0.3, 0.4) is 0 Å². The van der Waals surface area contributed by atoms with Crippen molar-refractivity contribution in [2.24, 2.45) is 0 Å². The normalized spacial score (nSPS) is 17.0. The lowest BCUT2D eigenvalue weighted by Crippen LogP contribution is -2.53. The molecule has 1 aromatic carbocycles. The largest absolute Gasteiger partial charge is 0.337 e. The molecule has 0 bridgehead atoms. The van der Waals surface area contributed by atoms with Gasteiger partial charge in [0, 0.05) is 38.3 Å². The lowest BCUT2D eigenvalue weighted by Gasteiger charge is -2.36. The van der Waals surface area contributed by atoms with Crippen LogP contribution in [-0.2, 0) is 14.8 Å². The molecule has 1 amide bonds. The fourth-order valence-electron chi connectivity index (χ4n) is 3.37. The van der Waals surface area contributed by atoms with Crippen molar-refractivity contribution in [1.82, 2.24) is 14.1 Å². The quantitative estimate of drug-likeness (QED) is 0.733. The van der Waals surface area contributed by atoms with E-state index >= 15 is 0 Å². The molecule has 1 saturated heterocycles. The Kier molecular flexibility index (Phi) is 7.07. The summed E-state index contributed by atoms with van der Waals surface area (Å²) in [4.78, 5) is 16.6. The van der Waals surface area contributed by atoms with Gasteiger partial charge in [-0.1, -0.05) is 23.7 Å². The van der Waals surface area contributed by atoms with Crippen molar-refractivity contribution in [2.75, 3.05) is 32.7 Å². The van der Waals surface area contributed by atoms with Gasteiger partial charge in [-0.25, -0.2) is 8.42 Å². The average Bonchev–Trinajstić information content (AvgIpc) is 2.54. The van der Waals surface area contributed by atoms with Crippen LogP contribution in [0.15, 0.2) is 29.2 Å². The van der Waals surface area contributed by atoms with Crippen LogP contribution in [0.1, 0.15) is 27.7 Å². The molecule has 1 aliphatic rings.